The van der Waals surface area contributed by atoms with Crippen LogP contribution in [0.2, 0.25) is 0 Å². The lowest BCUT2D eigenvalue weighted by Crippen LogP contribution is -2.41. The van der Waals surface area contributed by atoms with Gasteiger partial charge in [-0.3, -0.25) is 9.63 Å². The van der Waals surface area contributed by atoms with E-state index in [1.165, 1.54) is 9.97 Å². The Hall–Kier alpha value is -0.740. The number of nitrogens with zero attached hydrogens (tertiary/aromatic N) is 1. The first-order valence-corrected chi connectivity index (χ1v) is 6.24. The lowest BCUT2D eigenvalue weighted by Gasteiger charge is -2.30. The SMILES string of the molecule is CON1C(=O)C(C(C)C)=C2C=C(C)SC21C. The monoisotopic (exact) mass is 239 g/mol. The van der Waals surface area contributed by atoms with Gasteiger partial charge < -0.3 is 0 Å². The van der Waals surface area contributed by atoms with Crippen LogP contribution in [0, 0.1) is 5.92 Å². The number of thioether (sulfide) groups is 1. The van der Waals surface area contributed by atoms with Crippen LogP contribution in [-0.4, -0.2) is 23.0 Å². The van der Waals surface area contributed by atoms with E-state index in [1.807, 2.05) is 20.8 Å². The molecule has 2 aliphatic heterocycles. The zero-order valence-corrected chi connectivity index (χ0v) is 11.1. The number of hydrogen-bond donors (Lipinski definition) is 0. The molecule has 0 aromatic heterocycles. The first kappa shape index (κ1) is 11.7. The molecule has 2 aliphatic rings. The molecule has 1 atom stereocenters. The largest absolute Gasteiger partial charge is 0.275 e. The van der Waals surface area contributed by atoms with Gasteiger partial charge in [-0.05, 0) is 30.7 Å². The molecule has 0 saturated heterocycles. The second kappa shape index (κ2) is 3.64. The molecule has 0 saturated carbocycles. The molecule has 0 aromatic carbocycles. The highest BCUT2D eigenvalue weighted by Gasteiger charge is 2.52. The molecule has 0 aromatic rings. The Balaban J connectivity index is 2.57. The van der Waals surface area contributed by atoms with Gasteiger partial charge in [0.15, 0.2) is 0 Å². The Labute approximate surface area is 100 Å². The third-order valence-corrected chi connectivity index (χ3v) is 4.28. The summed E-state index contributed by atoms with van der Waals surface area (Å²) in [5, 5.41) is 1.50. The fraction of sp³-hybridized carbons (Fsp3) is 0.583. The van der Waals surface area contributed by atoms with Crippen LogP contribution in [-0.2, 0) is 9.63 Å². The molecule has 88 valence electrons. The van der Waals surface area contributed by atoms with Gasteiger partial charge >= 0.3 is 0 Å². The van der Waals surface area contributed by atoms with E-state index in [4.69, 9.17) is 4.84 Å². The van der Waals surface area contributed by atoms with Crippen molar-refractivity contribution in [3.8, 4) is 0 Å². The number of rotatable bonds is 2. The smallest absolute Gasteiger partial charge is 0.272 e. The standard InChI is InChI=1S/C12H17NO2S/c1-7(2)10-9-6-8(3)16-12(9,4)13(15-5)11(10)14/h6-7H,1-5H3. The van der Waals surface area contributed by atoms with Crippen molar-refractivity contribution in [1.29, 1.82) is 0 Å². The third kappa shape index (κ3) is 1.36. The topological polar surface area (TPSA) is 29.5 Å². The average molecular weight is 239 g/mol. The Morgan fingerprint density at radius 1 is 1.50 bits per heavy atom. The van der Waals surface area contributed by atoms with Crippen molar-refractivity contribution in [3.05, 3.63) is 22.1 Å². The molecule has 1 unspecified atom stereocenters. The molecule has 4 heteroatoms. The van der Waals surface area contributed by atoms with E-state index in [1.54, 1.807) is 18.9 Å². The van der Waals surface area contributed by atoms with Gasteiger partial charge in [0, 0.05) is 11.1 Å². The Morgan fingerprint density at radius 2 is 2.12 bits per heavy atom. The maximum atomic E-state index is 12.2. The third-order valence-electron chi connectivity index (χ3n) is 3.06. The fourth-order valence-corrected chi connectivity index (χ4v) is 3.77. The Morgan fingerprint density at radius 3 is 2.62 bits per heavy atom. The lowest BCUT2D eigenvalue weighted by molar-refractivity contribution is -0.178. The fourth-order valence-electron chi connectivity index (χ4n) is 2.45. The zero-order chi connectivity index (χ0) is 12.1. The minimum atomic E-state index is -0.366. The van der Waals surface area contributed by atoms with Crippen molar-refractivity contribution in [2.75, 3.05) is 7.11 Å². The highest BCUT2D eigenvalue weighted by Crippen LogP contribution is 2.53. The first-order valence-electron chi connectivity index (χ1n) is 5.42. The Bertz CT molecular complexity index is 411. The van der Waals surface area contributed by atoms with Gasteiger partial charge in [0.25, 0.3) is 5.91 Å². The van der Waals surface area contributed by atoms with E-state index in [0.717, 1.165) is 11.1 Å². The van der Waals surface area contributed by atoms with E-state index in [2.05, 4.69) is 13.0 Å². The lowest BCUT2D eigenvalue weighted by atomic mass is 9.96. The second-order valence-corrected chi connectivity index (χ2v) is 6.25. The number of carbonyl (C=O) groups is 1. The van der Waals surface area contributed by atoms with Crippen LogP contribution in [0.4, 0.5) is 0 Å². The number of amides is 1. The summed E-state index contributed by atoms with van der Waals surface area (Å²) in [7, 11) is 1.55. The maximum absolute atomic E-state index is 12.2. The van der Waals surface area contributed by atoms with Crippen molar-refractivity contribution >= 4 is 17.7 Å². The van der Waals surface area contributed by atoms with Gasteiger partial charge in [-0.1, -0.05) is 25.6 Å². The van der Waals surface area contributed by atoms with Gasteiger partial charge in [0.1, 0.15) is 4.87 Å². The molecule has 1 amide bonds. The van der Waals surface area contributed by atoms with Crippen LogP contribution in [0.5, 0.6) is 0 Å². The van der Waals surface area contributed by atoms with Crippen molar-refractivity contribution in [1.82, 2.24) is 5.06 Å². The van der Waals surface area contributed by atoms with E-state index >= 15 is 0 Å². The molecule has 0 fully saturated rings. The van der Waals surface area contributed by atoms with Crippen molar-refractivity contribution in [2.45, 2.75) is 32.6 Å². The summed E-state index contributed by atoms with van der Waals surface area (Å²) in [6, 6.07) is 0. The van der Waals surface area contributed by atoms with Crippen LogP contribution < -0.4 is 0 Å². The summed E-state index contributed by atoms with van der Waals surface area (Å²) in [6.07, 6.45) is 2.11. The molecule has 2 heterocycles. The number of carbonyl (C=O) groups excluding carboxylic acids is 1. The van der Waals surface area contributed by atoms with E-state index in [-0.39, 0.29) is 16.7 Å². The molecular weight excluding hydrogens is 222 g/mol. The van der Waals surface area contributed by atoms with E-state index in [9.17, 15) is 4.79 Å². The predicted molar refractivity (Wildman–Crippen MR) is 65.5 cm³/mol. The van der Waals surface area contributed by atoms with E-state index < -0.39 is 0 Å². The average Bonchev–Trinajstić information content (AvgIpc) is 2.51. The van der Waals surface area contributed by atoms with Crippen molar-refractivity contribution < 1.29 is 9.63 Å². The van der Waals surface area contributed by atoms with Gasteiger partial charge in [-0.15, -0.1) is 0 Å². The number of allylic oxidation sites excluding steroid dienone is 1. The van der Waals surface area contributed by atoms with Gasteiger partial charge in [0.2, 0.25) is 0 Å². The quantitative estimate of drug-likeness (QED) is 0.742. The van der Waals surface area contributed by atoms with Crippen molar-refractivity contribution in [3.63, 3.8) is 0 Å². The highest BCUT2D eigenvalue weighted by atomic mass is 32.2. The summed E-state index contributed by atoms with van der Waals surface area (Å²) < 4.78 is 0. The zero-order valence-electron chi connectivity index (χ0n) is 10.3. The molecule has 16 heavy (non-hydrogen) atoms. The summed E-state index contributed by atoms with van der Waals surface area (Å²) in [6.45, 7) is 8.20. The minimum Gasteiger partial charge on any atom is -0.272 e. The molecule has 0 aliphatic carbocycles. The van der Waals surface area contributed by atoms with Gasteiger partial charge in [0.05, 0.1) is 7.11 Å². The normalized spacial score (nSPS) is 29.2. The molecule has 2 rings (SSSR count). The summed E-state index contributed by atoms with van der Waals surface area (Å²) in [5.41, 5.74) is 1.99. The van der Waals surface area contributed by atoms with Crippen molar-refractivity contribution in [2.24, 2.45) is 5.92 Å². The molecule has 0 N–H and O–H groups in total. The maximum Gasteiger partial charge on any atom is 0.275 e. The summed E-state index contributed by atoms with van der Waals surface area (Å²) in [5.74, 6) is 0.232. The van der Waals surface area contributed by atoms with Crippen LogP contribution >= 0.6 is 11.8 Å². The molecular formula is C12H17NO2S. The summed E-state index contributed by atoms with van der Waals surface area (Å²) >= 11 is 1.68. The first-order chi connectivity index (χ1) is 7.41. The van der Waals surface area contributed by atoms with Gasteiger partial charge in [-0.2, -0.15) is 5.06 Å². The van der Waals surface area contributed by atoms with Crippen LogP contribution in [0.3, 0.4) is 0 Å². The van der Waals surface area contributed by atoms with E-state index in [0.29, 0.717) is 0 Å². The highest BCUT2D eigenvalue weighted by molar-refractivity contribution is 8.04. The predicted octanol–water partition coefficient (Wildman–Crippen LogP) is 2.71. The Kier molecular flexibility index (Phi) is 2.67. The number of hydrogen-bond acceptors (Lipinski definition) is 3. The molecule has 3 nitrogen and oxygen atoms in total. The number of hydroxylamine groups is 2. The molecule has 0 radical (unpaired) electrons. The minimum absolute atomic E-state index is 0.00579. The second-order valence-electron chi connectivity index (χ2n) is 4.60. The molecule has 0 bridgehead atoms. The molecule has 0 spiro atoms. The van der Waals surface area contributed by atoms with Gasteiger partial charge in [-0.25, -0.2) is 0 Å². The number of fused-ring (bicyclic) bond motifs is 1. The van der Waals surface area contributed by atoms with Crippen LogP contribution in [0.15, 0.2) is 22.1 Å². The van der Waals surface area contributed by atoms with Crippen LogP contribution in [0.1, 0.15) is 27.7 Å². The summed E-state index contributed by atoms with van der Waals surface area (Å²) in [4.78, 5) is 18.3. The van der Waals surface area contributed by atoms with Crippen LogP contribution in [0.25, 0.3) is 0 Å².